The van der Waals surface area contributed by atoms with E-state index in [4.69, 9.17) is 0 Å². The van der Waals surface area contributed by atoms with E-state index in [9.17, 15) is 5.11 Å². The fourth-order valence-electron chi connectivity index (χ4n) is 3.99. The Balaban J connectivity index is 1.96. The van der Waals surface area contributed by atoms with Gasteiger partial charge in [-0.15, -0.1) is 0 Å². The van der Waals surface area contributed by atoms with Crippen LogP contribution in [0.1, 0.15) is 59.3 Å². The molecule has 2 aliphatic rings. The smallest absolute Gasteiger partial charge is 0.0628 e. The van der Waals surface area contributed by atoms with Gasteiger partial charge in [-0.05, 0) is 57.4 Å². The second-order valence-electron chi connectivity index (χ2n) is 7.72. The van der Waals surface area contributed by atoms with Crippen LogP contribution in [0.5, 0.6) is 0 Å². The maximum Gasteiger partial charge on any atom is 0.0628 e. The fraction of sp³-hybridized carbons (Fsp3) is 1.00. The minimum absolute atomic E-state index is 0.0774. The standard InChI is InChI=1S/C17H34N2O/c1-13(2)18-17(12-20,15-7-8-15)11-19(4)16-9-5-14(3)6-10-16/h13-16,18,20H,5-12H2,1-4H3. The Labute approximate surface area is 125 Å². The zero-order valence-electron chi connectivity index (χ0n) is 13.9. The molecule has 0 heterocycles. The molecule has 0 spiro atoms. The van der Waals surface area contributed by atoms with Crippen LogP contribution in [-0.2, 0) is 0 Å². The summed E-state index contributed by atoms with van der Waals surface area (Å²) >= 11 is 0. The van der Waals surface area contributed by atoms with Gasteiger partial charge in [0.25, 0.3) is 0 Å². The molecule has 0 bridgehead atoms. The molecular formula is C17H34N2O. The van der Waals surface area contributed by atoms with E-state index in [1.54, 1.807) is 0 Å². The molecule has 0 radical (unpaired) electrons. The van der Waals surface area contributed by atoms with Crippen molar-refractivity contribution in [3.8, 4) is 0 Å². The summed E-state index contributed by atoms with van der Waals surface area (Å²) in [4.78, 5) is 2.52. The number of aliphatic hydroxyl groups is 1. The van der Waals surface area contributed by atoms with Crippen LogP contribution < -0.4 is 5.32 Å². The maximum atomic E-state index is 10.0. The second kappa shape index (κ2) is 6.76. The first-order valence-electron chi connectivity index (χ1n) is 8.55. The number of hydrogen-bond donors (Lipinski definition) is 2. The summed E-state index contributed by atoms with van der Waals surface area (Å²) in [7, 11) is 2.26. The Morgan fingerprint density at radius 2 is 1.75 bits per heavy atom. The average molecular weight is 282 g/mol. The van der Waals surface area contributed by atoms with E-state index in [0.29, 0.717) is 18.0 Å². The van der Waals surface area contributed by atoms with Crippen LogP contribution in [0.2, 0.25) is 0 Å². The number of rotatable bonds is 7. The quantitative estimate of drug-likeness (QED) is 0.753. The molecule has 2 saturated carbocycles. The van der Waals surface area contributed by atoms with Gasteiger partial charge in [-0.1, -0.05) is 20.8 Å². The van der Waals surface area contributed by atoms with E-state index in [2.05, 4.69) is 38.0 Å². The fourth-order valence-corrected chi connectivity index (χ4v) is 3.99. The summed E-state index contributed by atoms with van der Waals surface area (Å²) in [6, 6.07) is 1.15. The summed E-state index contributed by atoms with van der Waals surface area (Å²) in [5.74, 6) is 1.57. The monoisotopic (exact) mass is 282 g/mol. The van der Waals surface area contributed by atoms with Gasteiger partial charge in [-0.2, -0.15) is 0 Å². The van der Waals surface area contributed by atoms with Gasteiger partial charge in [0.2, 0.25) is 0 Å². The van der Waals surface area contributed by atoms with Gasteiger partial charge >= 0.3 is 0 Å². The normalized spacial score (nSPS) is 30.8. The van der Waals surface area contributed by atoms with Crippen molar-refractivity contribution >= 4 is 0 Å². The van der Waals surface area contributed by atoms with Crippen molar-refractivity contribution in [1.82, 2.24) is 10.2 Å². The minimum Gasteiger partial charge on any atom is -0.394 e. The molecule has 3 nitrogen and oxygen atoms in total. The summed E-state index contributed by atoms with van der Waals surface area (Å²) in [6.45, 7) is 8.01. The average Bonchev–Trinajstić information content (AvgIpc) is 3.22. The van der Waals surface area contributed by atoms with Crippen LogP contribution in [-0.4, -0.2) is 47.8 Å². The van der Waals surface area contributed by atoms with Crippen molar-refractivity contribution in [3.05, 3.63) is 0 Å². The third kappa shape index (κ3) is 3.96. The van der Waals surface area contributed by atoms with Gasteiger partial charge in [0.1, 0.15) is 0 Å². The molecule has 2 N–H and O–H groups in total. The maximum absolute atomic E-state index is 10.0. The Morgan fingerprint density at radius 1 is 1.15 bits per heavy atom. The van der Waals surface area contributed by atoms with Crippen molar-refractivity contribution < 1.29 is 5.11 Å². The first-order chi connectivity index (χ1) is 9.47. The van der Waals surface area contributed by atoms with Crippen LogP contribution in [0.15, 0.2) is 0 Å². The number of aliphatic hydroxyl groups excluding tert-OH is 1. The van der Waals surface area contributed by atoms with Gasteiger partial charge in [0, 0.05) is 18.6 Å². The van der Waals surface area contributed by atoms with Crippen molar-refractivity contribution in [1.29, 1.82) is 0 Å². The SMILES string of the molecule is CC1CCC(N(C)CC(CO)(NC(C)C)C2CC2)CC1. The van der Waals surface area contributed by atoms with E-state index < -0.39 is 0 Å². The van der Waals surface area contributed by atoms with Gasteiger partial charge in [-0.3, -0.25) is 0 Å². The molecule has 3 heteroatoms. The summed E-state index contributed by atoms with van der Waals surface area (Å²) < 4.78 is 0. The Morgan fingerprint density at radius 3 is 2.20 bits per heavy atom. The largest absolute Gasteiger partial charge is 0.394 e. The van der Waals surface area contributed by atoms with Gasteiger partial charge in [0.05, 0.1) is 12.1 Å². The van der Waals surface area contributed by atoms with Crippen molar-refractivity contribution in [3.63, 3.8) is 0 Å². The molecule has 118 valence electrons. The van der Waals surface area contributed by atoms with E-state index in [1.807, 2.05) is 0 Å². The highest BCUT2D eigenvalue weighted by Gasteiger charge is 2.46. The molecule has 0 aliphatic heterocycles. The van der Waals surface area contributed by atoms with Gasteiger partial charge < -0.3 is 15.3 Å². The lowest BCUT2D eigenvalue weighted by Crippen LogP contribution is -2.60. The molecule has 20 heavy (non-hydrogen) atoms. The summed E-state index contributed by atoms with van der Waals surface area (Å²) in [5.41, 5.74) is -0.0774. The second-order valence-corrected chi connectivity index (χ2v) is 7.72. The Hall–Kier alpha value is -0.120. The first kappa shape index (κ1) is 16.3. The molecule has 0 aromatic rings. The zero-order valence-corrected chi connectivity index (χ0v) is 13.9. The highest BCUT2D eigenvalue weighted by atomic mass is 16.3. The molecule has 2 fully saturated rings. The van der Waals surface area contributed by atoms with Crippen LogP contribution in [0.4, 0.5) is 0 Å². The van der Waals surface area contributed by atoms with Gasteiger partial charge in [0.15, 0.2) is 0 Å². The van der Waals surface area contributed by atoms with Crippen molar-refractivity contribution in [2.45, 2.75) is 76.9 Å². The lowest BCUT2D eigenvalue weighted by atomic mass is 9.85. The first-order valence-corrected chi connectivity index (χ1v) is 8.55. The number of likely N-dealkylation sites (N-methyl/N-ethyl adjacent to an activating group) is 1. The molecule has 2 rings (SSSR count). The molecule has 0 amide bonds. The molecule has 1 atom stereocenters. The van der Waals surface area contributed by atoms with Crippen molar-refractivity contribution in [2.24, 2.45) is 11.8 Å². The van der Waals surface area contributed by atoms with E-state index in [0.717, 1.165) is 12.5 Å². The number of nitrogens with one attached hydrogen (secondary N) is 1. The summed E-state index contributed by atoms with van der Waals surface area (Å²) in [5, 5.41) is 13.7. The lowest BCUT2D eigenvalue weighted by Gasteiger charge is -2.42. The third-order valence-electron chi connectivity index (χ3n) is 5.36. The zero-order chi connectivity index (χ0) is 14.8. The molecular weight excluding hydrogens is 248 g/mol. The summed E-state index contributed by atoms with van der Waals surface area (Å²) in [6.07, 6.45) is 7.92. The predicted molar refractivity (Wildman–Crippen MR) is 84.9 cm³/mol. The Kier molecular flexibility index (Phi) is 5.49. The van der Waals surface area contributed by atoms with Crippen LogP contribution >= 0.6 is 0 Å². The highest BCUT2D eigenvalue weighted by molar-refractivity contribution is 5.04. The topological polar surface area (TPSA) is 35.5 Å². The highest BCUT2D eigenvalue weighted by Crippen LogP contribution is 2.41. The molecule has 0 aromatic heterocycles. The van der Waals surface area contributed by atoms with Crippen LogP contribution in [0.3, 0.4) is 0 Å². The number of nitrogens with zero attached hydrogens (tertiary/aromatic N) is 1. The third-order valence-corrected chi connectivity index (χ3v) is 5.36. The molecule has 1 unspecified atom stereocenters. The molecule has 2 aliphatic carbocycles. The number of hydrogen-bond acceptors (Lipinski definition) is 3. The van der Waals surface area contributed by atoms with Crippen LogP contribution in [0.25, 0.3) is 0 Å². The van der Waals surface area contributed by atoms with E-state index in [1.165, 1.54) is 38.5 Å². The molecule has 0 saturated heterocycles. The predicted octanol–water partition coefficient (Wildman–Crippen LogP) is 2.64. The van der Waals surface area contributed by atoms with Crippen LogP contribution in [0, 0.1) is 11.8 Å². The van der Waals surface area contributed by atoms with E-state index in [-0.39, 0.29) is 12.1 Å². The lowest BCUT2D eigenvalue weighted by molar-refractivity contribution is 0.0645. The molecule has 0 aromatic carbocycles. The van der Waals surface area contributed by atoms with Gasteiger partial charge in [-0.25, -0.2) is 0 Å². The minimum atomic E-state index is -0.0774. The van der Waals surface area contributed by atoms with E-state index >= 15 is 0 Å². The Bertz CT molecular complexity index is 295. The van der Waals surface area contributed by atoms with Crippen molar-refractivity contribution in [2.75, 3.05) is 20.2 Å².